The molecule has 21 heavy (non-hydrogen) atoms. The Morgan fingerprint density at radius 1 is 1.43 bits per heavy atom. The second-order valence-electron chi connectivity index (χ2n) is 4.78. The van der Waals surface area contributed by atoms with Gasteiger partial charge in [-0.3, -0.25) is 9.59 Å². The van der Waals surface area contributed by atoms with E-state index in [0.717, 1.165) is 5.56 Å². The van der Waals surface area contributed by atoms with Gasteiger partial charge in [-0.25, -0.2) is 4.39 Å². The predicted octanol–water partition coefficient (Wildman–Crippen LogP) is 0.233. The lowest BCUT2D eigenvalue weighted by Crippen LogP contribution is -2.68. The highest BCUT2D eigenvalue weighted by molar-refractivity contribution is 8.00. The minimum absolute atomic E-state index is 0.173. The quantitative estimate of drug-likeness (QED) is 0.630. The number of benzene rings is 1. The monoisotopic (exact) mass is 312 g/mol. The summed E-state index contributed by atoms with van der Waals surface area (Å²) in [5.74, 6) is -0.326. The van der Waals surface area contributed by atoms with Crippen LogP contribution in [0.15, 0.2) is 30.3 Å². The molecule has 5 nitrogen and oxygen atoms in total. The van der Waals surface area contributed by atoms with Gasteiger partial charge in [-0.05, 0) is 5.56 Å². The lowest BCUT2D eigenvalue weighted by molar-refractivity contribution is -0.134. The van der Waals surface area contributed by atoms with Gasteiger partial charge in [-0.1, -0.05) is 30.3 Å². The number of aliphatic hydroxyl groups is 1. The van der Waals surface area contributed by atoms with E-state index >= 15 is 0 Å². The van der Waals surface area contributed by atoms with Crippen molar-refractivity contribution in [1.82, 2.24) is 10.6 Å². The van der Waals surface area contributed by atoms with Crippen LogP contribution in [0.1, 0.15) is 5.56 Å². The van der Waals surface area contributed by atoms with Gasteiger partial charge in [-0.15, -0.1) is 11.8 Å². The summed E-state index contributed by atoms with van der Waals surface area (Å²) in [5.41, 5.74) is 0.867. The molecule has 0 saturated carbocycles. The number of alkyl halides is 1. The molecule has 1 aromatic carbocycles. The fourth-order valence-corrected chi connectivity index (χ4v) is 3.00. The van der Waals surface area contributed by atoms with Crippen LogP contribution in [0.5, 0.6) is 0 Å². The molecule has 2 amide bonds. The van der Waals surface area contributed by atoms with Crippen LogP contribution in [0.3, 0.4) is 0 Å². The molecule has 1 saturated heterocycles. The first-order valence-electron chi connectivity index (χ1n) is 6.59. The Labute approximate surface area is 126 Å². The van der Waals surface area contributed by atoms with Crippen molar-refractivity contribution in [3.63, 3.8) is 0 Å². The number of carbonyl (C=O) groups is 2. The van der Waals surface area contributed by atoms with Gasteiger partial charge in [0.25, 0.3) is 0 Å². The fourth-order valence-electron chi connectivity index (χ4n) is 1.90. The molecule has 114 valence electrons. The topological polar surface area (TPSA) is 78.4 Å². The van der Waals surface area contributed by atoms with Crippen molar-refractivity contribution in [2.24, 2.45) is 0 Å². The summed E-state index contributed by atoms with van der Waals surface area (Å²) >= 11 is 1.22. The van der Waals surface area contributed by atoms with Crippen LogP contribution in [0.4, 0.5) is 4.39 Å². The van der Waals surface area contributed by atoms with Gasteiger partial charge < -0.3 is 15.7 Å². The van der Waals surface area contributed by atoms with E-state index in [9.17, 15) is 14.0 Å². The van der Waals surface area contributed by atoms with Gasteiger partial charge in [0.1, 0.15) is 18.1 Å². The number of thioether (sulfide) groups is 1. The highest BCUT2D eigenvalue weighted by Crippen LogP contribution is 2.21. The summed E-state index contributed by atoms with van der Waals surface area (Å²) in [5, 5.41) is 14.1. The van der Waals surface area contributed by atoms with Crippen LogP contribution in [0, 0.1) is 0 Å². The van der Waals surface area contributed by atoms with Crippen molar-refractivity contribution in [3.8, 4) is 0 Å². The van der Waals surface area contributed by atoms with Gasteiger partial charge >= 0.3 is 0 Å². The molecule has 2 rings (SSSR count). The van der Waals surface area contributed by atoms with Crippen molar-refractivity contribution in [2.75, 3.05) is 12.4 Å². The lowest BCUT2D eigenvalue weighted by atomic mass is 10.1. The number of carbonyl (C=O) groups excluding carboxylic acids is 2. The molecule has 1 unspecified atom stereocenters. The second-order valence-corrected chi connectivity index (χ2v) is 5.95. The SMILES string of the molecule is O=C(Cc1ccccc1)N[C@H]1C(=O)N[C@H]1SCC(O)CF. The molecule has 3 N–H and O–H groups in total. The third-order valence-electron chi connectivity index (χ3n) is 3.04. The standard InChI is InChI=1S/C14H17FN2O3S/c15-7-10(18)8-21-14-12(13(20)17-14)16-11(19)6-9-4-2-1-3-5-9/h1-5,10,12,14,18H,6-8H2,(H,16,19)(H,17,20)/t10?,12-,14-/m0/s1. The zero-order valence-electron chi connectivity index (χ0n) is 11.3. The van der Waals surface area contributed by atoms with Gasteiger partial charge in [-0.2, -0.15) is 0 Å². The molecule has 1 fully saturated rings. The molecule has 0 radical (unpaired) electrons. The zero-order valence-corrected chi connectivity index (χ0v) is 12.1. The van der Waals surface area contributed by atoms with Crippen LogP contribution < -0.4 is 10.6 Å². The summed E-state index contributed by atoms with van der Waals surface area (Å²) < 4.78 is 12.2. The van der Waals surface area contributed by atoms with E-state index in [4.69, 9.17) is 5.11 Å². The van der Waals surface area contributed by atoms with Gasteiger partial charge in [0.2, 0.25) is 11.8 Å². The molecule has 0 aromatic heterocycles. The molecule has 1 aliphatic heterocycles. The zero-order chi connectivity index (χ0) is 15.2. The van der Waals surface area contributed by atoms with E-state index < -0.39 is 18.8 Å². The third kappa shape index (κ3) is 4.44. The number of β-lactam (4-membered cyclic amide) rings is 1. The smallest absolute Gasteiger partial charge is 0.246 e. The number of rotatable bonds is 7. The lowest BCUT2D eigenvalue weighted by Gasteiger charge is -2.36. The molecular formula is C14H17FN2O3S. The van der Waals surface area contributed by atoms with Crippen molar-refractivity contribution in [3.05, 3.63) is 35.9 Å². The first-order chi connectivity index (χ1) is 10.1. The van der Waals surface area contributed by atoms with Crippen molar-refractivity contribution in [2.45, 2.75) is 23.9 Å². The number of aliphatic hydroxyl groups excluding tert-OH is 1. The number of nitrogens with one attached hydrogen (secondary N) is 2. The van der Waals surface area contributed by atoms with Crippen LogP contribution in [-0.4, -0.2) is 46.9 Å². The van der Waals surface area contributed by atoms with E-state index in [1.54, 1.807) is 0 Å². The van der Waals surface area contributed by atoms with Gasteiger partial charge in [0.05, 0.1) is 12.5 Å². The molecule has 0 spiro atoms. The number of hydrogen-bond donors (Lipinski definition) is 3. The summed E-state index contributed by atoms with van der Waals surface area (Å²) in [6, 6.07) is 8.60. The van der Waals surface area contributed by atoms with Crippen LogP contribution in [0.2, 0.25) is 0 Å². The Hall–Kier alpha value is -1.60. The Morgan fingerprint density at radius 2 is 2.14 bits per heavy atom. The van der Waals surface area contributed by atoms with E-state index in [1.165, 1.54) is 11.8 Å². The first-order valence-corrected chi connectivity index (χ1v) is 7.64. The maximum Gasteiger partial charge on any atom is 0.246 e. The highest BCUT2D eigenvalue weighted by Gasteiger charge is 2.40. The Balaban J connectivity index is 1.80. The van der Waals surface area contributed by atoms with Crippen molar-refractivity contribution >= 4 is 23.6 Å². The second kappa shape index (κ2) is 7.42. The fraction of sp³-hybridized carbons (Fsp3) is 0.429. The van der Waals surface area contributed by atoms with Crippen molar-refractivity contribution in [1.29, 1.82) is 0 Å². The van der Waals surface area contributed by atoms with Crippen LogP contribution in [0.25, 0.3) is 0 Å². The summed E-state index contributed by atoms with van der Waals surface area (Å²) in [6.07, 6.45) is -0.845. The molecule has 1 aromatic rings. The summed E-state index contributed by atoms with van der Waals surface area (Å²) in [4.78, 5) is 23.4. The minimum Gasteiger partial charge on any atom is -0.390 e. The Morgan fingerprint density at radius 3 is 2.76 bits per heavy atom. The van der Waals surface area contributed by atoms with Crippen LogP contribution in [-0.2, 0) is 16.0 Å². The van der Waals surface area contributed by atoms with Crippen molar-refractivity contribution < 1.29 is 19.1 Å². The molecule has 7 heteroatoms. The van der Waals surface area contributed by atoms with E-state index in [0.29, 0.717) is 0 Å². The molecule has 3 atom stereocenters. The van der Waals surface area contributed by atoms with E-state index in [2.05, 4.69) is 10.6 Å². The number of amides is 2. The number of hydrogen-bond acceptors (Lipinski definition) is 4. The first kappa shape index (κ1) is 15.8. The van der Waals surface area contributed by atoms with E-state index in [-0.39, 0.29) is 29.4 Å². The average molecular weight is 312 g/mol. The molecule has 0 aliphatic carbocycles. The van der Waals surface area contributed by atoms with E-state index in [1.807, 2.05) is 30.3 Å². The van der Waals surface area contributed by atoms with Gasteiger partial charge in [0.15, 0.2) is 0 Å². The Bertz CT molecular complexity index is 500. The maximum absolute atomic E-state index is 12.2. The third-order valence-corrected chi connectivity index (χ3v) is 4.37. The normalized spacial score (nSPS) is 22.1. The largest absolute Gasteiger partial charge is 0.390 e. The molecule has 1 aliphatic rings. The summed E-state index contributed by atoms with van der Waals surface area (Å²) in [7, 11) is 0. The van der Waals surface area contributed by atoms with Gasteiger partial charge in [0, 0.05) is 5.75 Å². The minimum atomic E-state index is -1.05. The maximum atomic E-state index is 12.2. The predicted molar refractivity (Wildman–Crippen MR) is 78.4 cm³/mol. The average Bonchev–Trinajstić information content (AvgIpc) is 2.49. The summed E-state index contributed by atoms with van der Waals surface area (Å²) in [6.45, 7) is -0.821. The Kier molecular flexibility index (Phi) is 5.58. The highest BCUT2D eigenvalue weighted by atomic mass is 32.2. The molecule has 1 heterocycles. The van der Waals surface area contributed by atoms with Crippen LogP contribution >= 0.6 is 11.8 Å². The number of halogens is 1. The molecule has 0 bridgehead atoms. The molecular weight excluding hydrogens is 295 g/mol.